The summed E-state index contributed by atoms with van der Waals surface area (Å²) in [5.74, 6) is -0.397. The summed E-state index contributed by atoms with van der Waals surface area (Å²) in [6.07, 6.45) is -0.460. The summed E-state index contributed by atoms with van der Waals surface area (Å²) in [6, 6.07) is 0. The maximum atomic E-state index is 11.5. The van der Waals surface area contributed by atoms with Crippen molar-refractivity contribution in [1.82, 2.24) is 10.6 Å². The zero-order valence-electron chi connectivity index (χ0n) is 11.4. The molecule has 104 valence electrons. The molecule has 2 atom stereocenters. The fourth-order valence-corrected chi connectivity index (χ4v) is 1.90. The molecule has 1 fully saturated rings. The van der Waals surface area contributed by atoms with Crippen molar-refractivity contribution in [2.24, 2.45) is 11.8 Å². The van der Waals surface area contributed by atoms with Gasteiger partial charge in [0.2, 0.25) is 0 Å². The van der Waals surface area contributed by atoms with Crippen molar-refractivity contribution < 1.29 is 19.1 Å². The van der Waals surface area contributed by atoms with E-state index < -0.39 is 11.7 Å². The minimum absolute atomic E-state index is 0.0463. The molecule has 0 radical (unpaired) electrons. The molecule has 1 rings (SSSR count). The van der Waals surface area contributed by atoms with Crippen molar-refractivity contribution in [2.45, 2.75) is 26.4 Å². The van der Waals surface area contributed by atoms with Crippen LogP contribution in [-0.4, -0.2) is 44.4 Å². The molecular weight excluding hydrogens is 236 g/mol. The molecule has 0 spiro atoms. The molecule has 0 saturated carbocycles. The van der Waals surface area contributed by atoms with Crippen LogP contribution in [-0.2, 0) is 14.3 Å². The lowest BCUT2D eigenvalue weighted by molar-refractivity contribution is -0.146. The van der Waals surface area contributed by atoms with Crippen LogP contribution in [0.3, 0.4) is 0 Å². The Labute approximate surface area is 107 Å². The summed E-state index contributed by atoms with van der Waals surface area (Å²) in [6.45, 7) is 7.10. The third kappa shape index (κ3) is 4.52. The normalized spacial score (nSPS) is 23.6. The fraction of sp³-hybridized carbons (Fsp3) is 0.833. The van der Waals surface area contributed by atoms with Gasteiger partial charge in [-0.25, -0.2) is 4.79 Å². The standard InChI is InChI=1S/C12H22N2O4/c1-12(2,3)18-11(16)14-6-8-5-13-7-9(8)10(15)17-4/h8-9,13H,5-7H2,1-4H3,(H,14,16)/t8-,9+/m0/s1. The molecule has 1 saturated heterocycles. The van der Waals surface area contributed by atoms with E-state index in [2.05, 4.69) is 10.6 Å². The van der Waals surface area contributed by atoms with Gasteiger partial charge in [0.25, 0.3) is 0 Å². The molecule has 0 unspecified atom stereocenters. The predicted octanol–water partition coefficient (Wildman–Crippen LogP) is 0.520. The van der Waals surface area contributed by atoms with Gasteiger partial charge in [-0.15, -0.1) is 0 Å². The molecule has 1 aliphatic rings. The maximum absolute atomic E-state index is 11.5. The summed E-state index contributed by atoms with van der Waals surface area (Å²) in [7, 11) is 1.37. The van der Waals surface area contributed by atoms with Crippen molar-refractivity contribution in [2.75, 3.05) is 26.7 Å². The molecule has 0 aromatic heterocycles. The average Bonchev–Trinajstić information content (AvgIpc) is 2.71. The molecular formula is C12H22N2O4. The molecule has 1 aliphatic heterocycles. The fourth-order valence-electron chi connectivity index (χ4n) is 1.90. The van der Waals surface area contributed by atoms with Crippen LogP contribution in [0, 0.1) is 11.8 Å². The average molecular weight is 258 g/mol. The lowest BCUT2D eigenvalue weighted by Gasteiger charge is -2.21. The number of esters is 1. The zero-order valence-corrected chi connectivity index (χ0v) is 11.4. The zero-order chi connectivity index (χ0) is 13.8. The first-order valence-electron chi connectivity index (χ1n) is 6.09. The molecule has 0 bridgehead atoms. The molecule has 1 amide bonds. The van der Waals surface area contributed by atoms with Gasteiger partial charge in [-0.2, -0.15) is 0 Å². The Hall–Kier alpha value is -1.30. The second-order valence-corrected chi connectivity index (χ2v) is 5.43. The van der Waals surface area contributed by atoms with Gasteiger partial charge in [-0.1, -0.05) is 0 Å². The van der Waals surface area contributed by atoms with Gasteiger partial charge >= 0.3 is 12.1 Å². The van der Waals surface area contributed by atoms with Crippen molar-refractivity contribution in [3.8, 4) is 0 Å². The largest absolute Gasteiger partial charge is 0.469 e. The number of rotatable bonds is 3. The predicted molar refractivity (Wildman–Crippen MR) is 66.1 cm³/mol. The van der Waals surface area contributed by atoms with E-state index in [4.69, 9.17) is 9.47 Å². The first kappa shape index (κ1) is 14.8. The topological polar surface area (TPSA) is 76.7 Å². The summed E-state index contributed by atoms with van der Waals surface area (Å²) in [5.41, 5.74) is -0.514. The third-order valence-corrected chi connectivity index (χ3v) is 2.75. The molecule has 6 heteroatoms. The quantitative estimate of drug-likeness (QED) is 0.722. The molecule has 18 heavy (non-hydrogen) atoms. The Morgan fingerprint density at radius 2 is 2.00 bits per heavy atom. The summed E-state index contributed by atoms with van der Waals surface area (Å²) in [5, 5.41) is 5.80. The lowest BCUT2D eigenvalue weighted by atomic mass is 9.96. The minimum Gasteiger partial charge on any atom is -0.469 e. The van der Waals surface area contributed by atoms with Crippen LogP contribution in [0.25, 0.3) is 0 Å². The van der Waals surface area contributed by atoms with Gasteiger partial charge in [0.15, 0.2) is 0 Å². The van der Waals surface area contributed by atoms with Gasteiger partial charge in [0.1, 0.15) is 5.60 Å². The number of carbonyl (C=O) groups excluding carboxylic acids is 2. The van der Waals surface area contributed by atoms with Crippen molar-refractivity contribution in [3.63, 3.8) is 0 Å². The Morgan fingerprint density at radius 3 is 2.56 bits per heavy atom. The van der Waals surface area contributed by atoms with Crippen LogP contribution in [0.2, 0.25) is 0 Å². The van der Waals surface area contributed by atoms with E-state index in [-0.39, 0.29) is 17.8 Å². The SMILES string of the molecule is COC(=O)[C@@H]1CNC[C@H]1CNC(=O)OC(C)(C)C. The molecule has 0 aromatic rings. The highest BCUT2D eigenvalue weighted by atomic mass is 16.6. The van der Waals surface area contributed by atoms with E-state index in [1.54, 1.807) is 20.8 Å². The molecule has 0 aromatic carbocycles. The number of alkyl carbamates (subject to hydrolysis) is 1. The highest BCUT2D eigenvalue weighted by molar-refractivity contribution is 5.73. The third-order valence-electron chi connectivity index (χ3n) is 2.75. The van der Waals surface area contributed by atoms with E-state index in [9.17, 15) is 9.59 Å². The van der Waals surface area contributed by atoms with Crippen molar-refractivity contribution >= 4 is 12.1 Å². The minimum atomic E-state index is -0.514. The van der Waals surface area contributed by atoms with Crippen molar-refractivity contribution in [1.29, 1.82) is 0 Å². The Kier molecular flexibility index (Phi) is 4.95. The van der Waals surface area contributed by atoms with Gasteiger partial charge in [0, 0.05) is 25.6 Å². The van der Waals surface area contributed by atoms with Gasteiger partial charge in [0.05, 0.1) is 13.0 Å². The van der Waals surface area contributed by atoms with Crippen LogP contribution < -0.4 is 10.6 Å². The lowest BCUT2D eigenvalue weighted by Crippen LogP contribution is -2.38. The molecule has 1 heterocycles. The first-order valence-corrected chi connectivity index (χ1v) is 6.09. The smallest absolute Gasteiger partial charge is 0.407 e. The monoisotopic (exact) mass is 258 g/mol. The number of nitrogens with one attached hydrogen (secondary N) is 2. The molecule has 2 N–H and O–H groups in total. The van der Waals surface area contributed by atoms with Gasteiger partial charge < -0.3 is 20.1 Å². The van der Waals surface area contributed by atoms with Gasteiger partial charge in [-0.05, 0) is 20.8 Å². The summed E-state index contributed by atoms with van der Waals surface area (Å²) >= 11 is 0. The Balaban J connectivity index is 2.38. The number of hydrogen-bond donors (Lipinski definition) is 2. The molecule has 0 aliphatic carbocycles. The number of amides is 1. The second kappa shape index (κ2) is 6.04. The van der Waals surface area contributed by atoms with Crippen LogP contribution in [0.1, 0.15) is 20.8 Å². The molecule has 6 nitrogen and oxygen atoms in total. The van der Waals surface area contributed by atoms with Crippen molar-refractivity contribution in [3.05, 3.63) is 0 Å². The van der Waals surface area contributed by atoms with Crippen LogP contribution >= 0.6 is 0 Å². The van der Waals surface area contributed by atoms with E-state index in [1.165, 1.54) is 7.11 Å². The van der Waals surface area contributed by atoms with E-state index >= 15 is 0 Å². The maximum Gasteiger partial charge on any atom is 0.407 e. The first-order chi connectivity index (χ1) is 8.33. The highest BCUT2D eigenvalue weighted by Gasteiger charge is 2.34. The number of ether oxygens (including phenoxy) is 2. The van der Waals surface area contributed by atoms with Crippen LogP contribution in [0.4, 0.5) is 4.79 Å². The Morgan fingerprint density at radius 1 is 1.33 bits per heavy atom. The van der Waals surface area contributed by atoms with E-state index in [0.717, 1.165) is 0 Å². The van der Waals surface area contributed by atoms with Crippen LogP contribution in [0.5, 0.6) is 0 Å². The highest BCUT2D eigenvalue weighted by Crippen LogP contribution is 2.17. The second-order valence-electron chi connectivity index (χ2n) is 5.43. The van der Waals surface area contributed by atoms with Gasteiger partial charge in [-0.3, -0.25) is 4.79 Å². The van der Waals surface area contributed by atoms with Crippen LogP contribution in [0.15, 0.2) is 0 Å². The summed E-state index contributed by atoms with van der Waals surface area (Å²) < 4.78 is 9.86. The summed E-state index contributed by atoms with van der Waals surface area (Å²) in [4.78, 5) is 23.0. The number of carbonyl (C=O) groups is 2. The van der Waals surface area contributed by atoms with E-state index in [1.807, 2.05) is 0 Å². The number of hydrogen-bond acceptors (Lipinski definition) is 5. The number of methoxy groups -OCH3 is 1. The Bertz CT molecular complexity index is 312. The van der Waals surface area contributed by atoms with E-state index in [0.29, 0.717) is 19.6 Å².